The molecule has 2 aromatic carbocycles. The summed E-state index contributed by atoms with van der Waals surface area (Å²) in [6.45, 7) is 0. The topological polar surface area (TPSA) is 86.2 Å². The van der Waals surface area contributed by atoms with Gasteiger partial charge in [-0.25, -0.2) is 12.8 Å². The Morgan fingerprint density at radius 2 is 2.00 bits per heavy atom. The molecule has 0 amide bonds. The van der Waals surface area contributed by atoms with Gasteiger partial charge in [0.15, 0.2) is 5.58 Å². The largest absolute Gasteiger partial charge is 0.428 e. The van der Waals surface area contributed by atoms with Crippen LogP contribution in [0.15, 0.2) is 52.1 Å². The van der Waals surface area contributed by atoms with E-state index in [4.69, 9.17) is 10.2 Å². The highest BCUT2D eigenvalue weighted by atomic mass is 32.2. The third-order valence-corrected chi connectivity index (χ3v) is 4.32. The zero-order chi connectivity index (χ0) is 15.0. The fourth-order valence-corrected chi connectivity index (χ4v) is 3.16. The normalized spacial score (nSPS) is 11.9. The highest BCUT2D eigenvalue weighted by molar-refractivity contribution is 7.90. The molecule has 3 rings (SSSR count). The highest BCUT2D eigenvalue weighted by Gasteiger charge is 2.22. The number of hydrogen-bond donors (Lipinski definition) is 1. The Morgan fingerprint density at radius 1 is 1.19 bits per heavy atom. The van der Waals surface area contributed by atoms with Gasteiger partial charge in [-0.05, 0) is 35.9 Å². The molecular weight excluding hydrogens is 295 g/mol. The van der Waals surface area contributed by atoms with Crippen LogP contribution in [0.3, 0.4) is 0 Å². The third-order valence-electron chi connectivity index (χ3n) is 2.90. The van der Waals surface area contributed by atoms with E-state index in [2.05, 4.69) is 4.98 Å². The lowest BCUT2D eigenvalue weighted by atomic mass is 10.2. The quantitative estimate of drug-likeness (QED) is 0.751. The average molecular weight is 306 g/mol. The first-order valence-corrected chi connectivity index (χ1v) is 7.72. The van der Waals surface area contributed by atoms with E-state index in [1.807, 2.05) is 0 Å². The van der Waals surface area contributed by atoms with Gasteiger partial charge in [0.05, 0.1) is 5.75 Å². The number of sulfone groups is 1. The van der Waals surface area contributed by atoms with Crippen molar-refractivity contribution >= 4 is 26.6 Å². The van der Waals surface area contributed by atoms with Crippen molar-refractivity contribution in [2.45, 2.75) is 11.0 Å². The van der Waals surface area contributed by atoms with Crippen molar-refractivity contribution in [3.05, 3.63) is 53.8 Å². The summed E-state index contributed by atoms with van der Waals surface area (Å²) in [6, 6.07) is 10.1. The van der Waals surface area contributed by atoms with Crippen molar-refractivity contribution in [2.75, 3.05) is 5.73 Å². The van der Waals surface area contributed by atoms with Crippen LogP contribution in [-0.4, -0.2) is 13.4 Å². The molecule has 0 atom stereocenters. The molecule has 0 bridgehead atoms. The zero-order valence-corrected chi connectivity index (χ0v) is 11.6. The van der Waals surface area contributed by atoms with Crippen molar-refractivity contribution in [2.24, 2.45) is 0 Å². The maximum absolute atomic E-state index is 13.1. The van der Waals surface area contributed by atoms with Gasteiger partial charge in [0.1, 0.15) is 11.3 Å². The predicted octanol–water partition coefficient (Wildman–Crippen LogP) is 2.52. The van der Waals surface area contributed by atoms with E-state index < -0.39 is 20.9 Å². The van der Waals surface area contributed by atoms with Crippen LogP contribution in [0, 0.1) is 5.82 Å². The van der Waals surface area contributed by atoms with Crippen LogP contribution in [0.2, 0.25) is 0 Å². The van der Waals surface area contributed by atoms with Gasteiger partial charge >= 0.3 is 5.22 Å². The summed E-state index contributed by atoms with van der Waals surface area (Å²) >= 11 is 0. The van der Waals surface area contributed by atoms with E-state index in [9.17, 15) is 12.8 Å². The maximum Gasteiger partial charge on any atom is 0.316 e. The van der Waals surface area contributed by atoms with Crippen LogP contribution >= 0.6 is 0 Å². The van der Waals surface area contributed by atoms with Crippen LogP contribution in [0.1, 0.15) is 5.56 Å². The molecule has 5 nitrogen and oxygen atoms in total. The molecule has 0 radical (unpaired) electrons. The SMILES string of the molecule is Nc1ccc2oc(S(=O)(=O)Cc3cccc(F)c3)nc2c1. The first kappa shape index (κ1) is 13.6. The number of benzene rings is 2. The first-order valence-electron chi connectivity index (χ1n) is 6.07. The minimum atomic E-state index is -3.79. The van der Waals surface area contributed by atoms with E-state index in [0.717, 1.165) is 6.07 Å². The van der Waals surface area contributed by atoms with Gasteiger partial charge in [-0.3, -0.25) is 0 Å². The van der Waals surface area contributed by atoms with Gasteiger partial charge in [-0.15, -0.1) is 0 Å². The number of rotatable bonds is 3. The molecule has 0 aliphatic heterocycles. The number of anilines is 1. The van der Waals surface area contributed by atoms with Crippen LogP contribution < -0.4 is 5.73 Å². The number of hydrogen-bond acceptors (Lipinski definition) is 5. The molecule has 21 heavy (non-hydrogen) atoms. The number of nitrogens with two attached hydrogens (primary N) is 1. The molecule has 7 heteroatoms. The number of aromatic nitrogens is 1. The van der Waals surface area contributed by atoms with Gasteiger partial charge < -0.3 is 10.2 Å². The number of halogens is 1. The van der Waals surface area contributed by atoms with Crippen LogP contribution in [0.5, 0.6) is 0 Å². The minimum Gasteiger partial charge on any atom is -0.428 e. The summed E-state index contributed by atoms with van der Waals surface area (Å²) in [5.41, 5.74) is 7.11. The fraction of sp³-hybridized carbons (Fsp3) is 0.0714. The van der Waals surface area contributed by atoms with Gasteiger partial charge in [0, 0.05) is 5.69 Å². The lowest BCUT2D eigenvalue weighted by Crippen LogP contribution is -2.05. The van der Waals surface area contributed by atoms with Gasteiger partial charge in [0.2, 0.25) is 9.84 Å². The summed E-state index contributed by atoms with van der Waals surface area (Å²) in [6.07, 6.45) is 0. The molecule has 0 unspecified atom stereocenters. The van der Waals surface area contributed by atoms with E-state index in [-0.39, 0.29) is 5.75 Å². The summed E-state index contributed by atoms with van der Waals surface area (Å²) in [5, 5.41) is -0.396. The molecule has 1 heterocycles. The maximum atomic E-state index is 13.1. The molecule has 3 aromatic rings. The second-order valence-electron chi connectivity index (χ2n) is 4.60. The lowest BCUT2D eigenvalue weighted by molar-refractivity contribution is 0.458. The highest BCUT2D eigenvalue weighted by Crippen LogP contribution is 2.23. The minimum absolute atomic E-state index is 0.330. The van der Waals surface area contributed by atoms with Crippen LogP contribution in [0.25, 0.3) is 11.1 Å². The second kappa shape index (κ2) is 4.85. The second-order valence-corrected chi connectivity index (χ2v) is 6.46. The first-order chi connectivity index (χ1) is 9.94. The fourth-order valence-electron chi connectivity index (χ4n) is 1.96. The van der Waals surface area contributed by atoms with Crippen molar-refractivity contribution in [1.29, 1.82) is 0 Å². The Morgan fingerprint density at radius 3 is 2.76 bits per heavy atom. The molecule has 0 fully saturated rings. The van der Waals surface area contributed by atoms with Gasteiger partial charge in [-0.1, -0.05) is 12.1 Å². The molecule has 0 saturated carbocycles. The Labute approximate surface area is 120 Å². The number of nitrogen functional groups attached to an aromatic ring is 1. The standard InChI is InChI=1S/C14H11FN2O3S/c15-10-3-1-2-9(6-10)8-21(18,19)14-17-12-7-11(16)4-5-13(12)20-14/h1-7H,8,16H2. The smallest absolute Gasteiger partial charge is 0.316 e. The Bertz CT molecular complexity index is 919. The van der Waals surface area contributed by atoms with Crippen molar-refractivity contribution in [3.8, 4) is 0 Å². The van der Waals surface area contributed by atoms with E-state index in [0.29, 0.717) is 22.4 Å². The van der Waals surface area contributed by atoms with E-state index in [1.54, 1.807) is 12.1 Å². The number of fused-ring (bicyclic) bond motifs is 1. The Balaban J connectivity index is 2.00. The van der Waals surface area contributed by atoms with Crippen molar-refractivity contribution < 1.29 is 17.2 Å². The van der Waals surface area contributed by atoms with Crippen molar-refractivity contribution in [1.82, 2.24) is 4.98 Å². The van der Waals surface area contributed by atoms with Gasteiger partial charge in [-0.2, -0.15) is 4.98 Å². The molecule has 0 aliphatic carbocycles. The Hall–Kier alpha value is -2.41. The summed E-state index contributed by atoms with van der Waals surface area (Å²) in [5.74, 6) is -0.874. The molecule has 1 aromatic heterocycles. The van der Waals surface area contributed by atoms with E-state index >= 15 is 0 Å². The number of oxazole rings is 1. The molecule has 0 saturated heterocycles. The summed E-state index contributed by atoms with van der Waals surface area (Å²) < 4.78 is 42.9. The van der Waals surface area contributed by atoms with Crippen LogP contribution in [-0.2, 0) is 15.6 Å². The lowest BCUT2D eigenvalue weighted by Gasteiger charge is -2.00. The predicted molar refractivity (Wildman–Crippen MR) is 75.7 cm³/mol. The third kappa shape index (κ3) is 2.73. The molecule has 0 aliphatic rings. The number of nitrogens with zero attached hydrogens (tertiary/aromatic N) is 1. The van der Waals surface area contributed by atoms with E-state index in [1.165, 1.54) is 24.3 Å². The molecule has 0 spiro atoms. The molecular formula is C14H11FN2O3S. The van der Waals surface area contributed by atoms with Crippen LogP contribution in [0.4, 0.5) is 10.1 Å². The zero-order valence-electron chi connectivity index (χ0n) is 10.8. The van der Waals surface area contributed by atoms with Crippen molar-refractivity contribution in [3.63, 3.8) is 0 Å². The molecule has 108 valence electrons. The Kier molecular flexibility index (Phi) is 3.13. The average Bonchev–Trinajstić information content (AvgIpc) is 2.82. The summed E-state index contributed by atoms with van der Waals surface area (Å²) in [4.78, 5) is 3.94. The molecule has 2 N–H and O–H groups in total. The monoisotopic (exact) mass is 306 g/mol. The van der Waals surface area contributed by atoms with Gasteiger partial charge in [0.25, 0.3) is 0 Å². The summed E-state index contributed by atoms with van der Waals surface area (Å²) in [7, 11) is -3.79.